The molecule has 0 saturated carbocycles. The number of unbranched alkanes of at least 4 members (excludes halogenated alkanes) is 1. The number of para-hydroxylation sites is 1. The summed E-state index contributed by atoms with van der Waals surface area (Å²) in [4.78, 5) is 17.2. The highest BCUT2D eigenvalue weighted by Crippen LogP contribution is 2.15. The number of carbonyl (C=O) groups is 1. The van der Waals surface area contributed by atoms with Crippen molar-refractivity contribution in [2.24, 2.45) is 0 Å². The standard InChI is InChI=1S/C24H33N3O2/c1-2-3-20-29-23-12-10-21(11-13-23)24(28)25-14-7-15-26-16-18-27(19-17-26)22-8-5-4-6-9-22/h4-6,8-13H,2-3,7,14-20H2,1H3,(H,25,28). The fourth-order valence-electron chi connectivity index (χ4n) is 3.51. The van der Waals surface area contributed by atoms with Crippen molar-refractivity contribution in [1.82, 2.24) is 10.2 Å². The maximum Gasteiger partial charge on any atom is 0.251 e. The fraction of sp³-hybridized carbons (Fsp3) is 0.458. The van der Waals surface area contributed by atoms with Crippen molar-refractivity contribution < 1.29 is 9.53 Å². The van der Waals surface area contributed by atoms with E-state index in [0.29, 0.717) is 12.1 Å². The molecule has 1 saturated heterocycles. The Morgan fingerprint density at radius 2 is 1.69 bits per heavy atom. The Balaban J connectivity index is 1.31. The van der Waals surface area contributed by atoms with E-state index in [1.807, 2.05) is 24.3 Å². The van der Waals surface area contributed by atoms with Gasteiger partial charge in [-0.2, -0.15) is 0 Å². The van der Waals surface area contributed by atoms with Crippen LogP contribution in [-0.4, -0.2) is 56.7 Å². The second-order valence-corrected chi connectivity index (χ2v) is 7.50. The molecule has 3 rings (SSSR count). The average Bonchev–Trinajstić information content (AvgIpc) is 2.78. The molecule has 1 fully saturated rings. The topological polar surface area (TPSA) is 44.8 Å². The highest BCUT2D eigenvalue weighted by molar-refractivity contribution is 5.94. The first kappa shape index (κ1) is 21.2. The fourth-order valence-corrected chi connectivity index (χ4v) is 3.51. The predicted molar refractivity (Wildman–Crippen MR) is 119 cm³/mol. The number of nitrogens with zero attached hydrogens (tertiary/aromatic N) is 2. The van der Waals surface area contributed by atoms with E-state index in [4.69, 9.17) is 4.74 Å². The minimum absolute atomic E-state index is 0.0148. The van der Waals surface area contributed by atoms with Crippen LogP contribution in [0.5, 0.6) is 5.75 Å². The van der Waals surface area contributed by atoms with Crippen LogP contribution < -0.4 is 15.0 Å². The van der Waals surface area contributed by atoms with Crippen LogP contribution in [0.3, 0.4) is 0 Å². The number of ether oxygens (including phenoxy) is 1. The minimum Gasteiger partial charge on any atom is -0.494 e. The number of hydrogen-bond donors (Lipinski definition) is 1. The third-order valence-corrected chi connectivity index (χ3v) is 5.31. The number of anilines is 1. The van der Waals surface area contributed by atoms with E-state index in [-0.39, 0.29) is 5.91 Å². The van der Waals surface area contributed by atoms with Crippen molar-refractivity contribution in [2.45, 2.75) is 26.2 Å². The molecule has 5 heteroatoms. The molecule has 0 radical (unpaired) electrons. The Labute approximate surface area is 174 Å². The SMILES string of the molecule is CCCCOc1ccc(C(=O)NCCCN2CCN(c3ccccc3)CC2)cc1. The molecular weight excluding hydrogens is 362 g/mol. The Morgan fingerprint density at radius 3 is 2.38 bits per heavy atom. The van der Waals surface area contributed by atoms with Crippen molar-refractivity contribution in [2.75, 3.05) is 50.8 Å². The normalized spacial score (nSPS) is 14.6. The second kappa shape index (κ2) is 11.5. The molecule has 156 valence electrons. The van der Waals surface area contributed by atoms with Crippen molar-refractivity contribution in [3.8, 4) is 5.75 Å². The van der Waals surface area contributed by atoms with Gasteiger partial charge in [0.05, 0.1) is 6.61 Å². The summed E-state index contributed by atoms with van der Waals surface area (Å²) in [6.07, 6.45) is 3.13. The Hall–Kier alpha value is -2.53. The molecule has 1 N–H and O–H groups in total. The van der Waals surface area contributed by atoms with Gasteiger partial charge in [0, 0.05) is 44.0 Å². The molecule has 1 amide bonds. The van der Waals surface area contributed by atoms with Crippen LogP contribution >= 0.6 is 0 Å². The van der Waals surface area contributed by atoms with Crippen molar-refractivity contribution in [1.29, 1.82) is 0 Å². The van der Waals surface area contributed by atoms with Crippen LogP contribution in [0.25, 0.3) is 0 Å². The van der Waals surface area contributed by atoms with Gasteiger partial charge in [-0.05, 0) is 55.8 Å². The average molecular weight is 396 g/mol. The number of carbonyl (C=O) groups excluding carboxylic acids is 1. The number of benzene rings is 2. The van der Waals surface area contributed by atoms with Gasteiger partial charge in [0.15, 0.2) is 0 Å². The van der Waals surface area contributed by atoms with E-state index in [2.05, 4.69) is 52.4 Å². The molecule has 1 heterocycles. The number of amides is 1. The van der Waals surface area contributed by atoms with Gasteiger partial charge >= 0.3 is 0 Å². The summed E-state index contributed by atoms with van der Waals surface area (Å²) in [5, 5.41) is 3.03. The van der Waals surface area contributed by atoms with E-state index in [9.17, 15) is 4.79 Å². The number of rotatable bonds is 10. The monoisotopic (exact) mass is 395 g/mol. The number of piperazine rings is 1. The number of hydrogen-bond acceptors (Lipinski definition) is 4. The molecule has 0 unspecified atom stereocenters. The van der Waals surface area contributed by atoms with Crippen molar-refractivity contribution in [3.63, 3.8) is 0 Å². The van der Waals surface area contributed by atoms with Crippen LogP contribution in [-0.2, 0) is 0 Å². The van der Waals surface area contributed by atoms with E-state index in [0.717, 1.165) is 64.3 Å². The first-order valence-electron chi connectivity index (χ1n) is 10.8. The Bertz CT molecular complexity index is 726. The summed E-state index contributed by atoms with van der Waals surface area (Å²) in [5.74, 6) is 0.809. The molecule has 0 aliphatic carbocycles. The summed E-state index contributed by atoms with van der Waals surface area (Å²) in [7, 11) is 0. The van der Waals surface area contributed by atoms with Gasteiger partial charge in [0.1, 0.15) is 5.75 Å². The van der Waals surface area contributed by atoms with Crippen LogP contribution in [0.15, 0.2) is 54.6 Å². The van der Waals surface area contributed by atoms with Crippen LogP contribution in [0.2, 0.25) is 0 Å². The summed E-state index contributed by atoms with van der Waals surface area (Å²) < 4.78 is 5.64. The third-order valence-electron chi connectivity index (χ3n) is 5.31. The Morgan fingerprint density at radius 1 is 0.966 bits per heavy atom. The number of nitrogens with one attached hydrogen (secondary N) is 1. The largest absolute Gasteiger partial charge is 0.494 e. The smallest absolute Gasteiger partial charge is 0.251 e. The van der Waals surface area contributed by atoms with Gasteiger partial charge in [-0.25, -0.2) is 0 Å². The lowest BCUT2D eigenvalue weighted by atomic mass is 10.2. The zero-order chi connectivity index (χ0) is 20.3. The molecule has 2 aromatic rings. The summed E-state index contributed by atoms with van der Waals surface area (Å²) in [6.45, 7) is 8.85. The third kappa shape index (κ3) is 6.79. The maximum absolute atomic E-state index is 12.3. The summed E-state index contributed by atoms with van der Waals surface area (Å²) >= 11 is 0. The van der Waals surface area contributed by atoms with Gasteiger partial charge < -0.3 is 15.0 Å². The first-order chi connectivity index (χ1) is 14.3. The highest BCUT2D eigenvalue weighted by atomic mass is 16.5. The molecule has 2 aromatic carbocycles. The summed E-state index contributed by atoms with van der Waals surface area (Å²) in [5.41, 5.74) is 1.99. The molecule has 0 aromatic heterocycles. The zero-order valence-electron chi connectivity index (χ0n) is 17.5. The van der Waals surface area contributed by atoms with Gasteiger partial charge in [0.2, 0.25) is 0 Å². The van der Waals surface area contributed by atoms with E-state index in [1.165, 1.54) is 5.69 Å². The minimum atomic E-state index is -0.0148. The predicted octanol–water partition coefficient (Wildman–Crippen LogP) is 3.81. The zero-order valence-corrected chi connectivity index (χ0v) is 17.5. The quantitative estimate of drug-likeness (QED) is 0.622. The van der Waals surface area contributed by atoms with Crippen molar-refractivity contribution >= 4 is 11.6 Å². The van der Waals surface area contributed by atoms with E-state index in [1.54, 1.807) is 0 Å². The molecule has 5 nitrogen and oxygen atoms in total. The van der Waals surface area contributed by atoms with Crippen molar-refractivity contribution in [3.05, 3.63) is 60.2 Å². The maximum atomic E-state index is 12.3. The van der Waals surface area contributed by atoms with E-state index >= 15 is 0 Å². The molecule has 0 atom stereocenters. The van der Waals surface area contributed by atoms with Gasteiger partial charge in [-0.15, -0.1) is 0 Å². The lowest BCUT2D eigenvalue weighted by Crippen LogP contribution is -2.47. The summed E-state index contributed by atoms with van der Waals surface area (Å²) in [6, 6.07) is 18.0. The van der Waals surface area contributed by atoms with Crippen LogP contribution in [0, 0.1) is 0 Å². The highest BCUT2D eigenvalue weighted by Gasteiger charge is 2.16. The van der Waals surface area contributed by atoms with Crippen LogP contribution in [0.1, 0.15) is 36.5 Å². The molecule has 1 aliphatic heterocycles. The second-order valence-electron chi connectivity index (χ2n) is 7.50. The van der Waals surface area contributed by atoms with Gasteiger partial charge in [0.25, 0.3) is 5.91 Å². The lowest BCUT2D eigenvalue weighted by Gasteiger charge is -2.36. The molecule has 0 bridgehead atoms. The van der Waals surface area contributed by atoms with E-state index < -0.39 is 0 Å². The molecule has 1 aliphatic rings. The molecule has 0 spiro atoms. The molecular formula is C24H33N3O2. The Kier molecular flexibility index (Phi) is 8.38. The first-order valence-corrected chi connectivity index (χ1v) is 10.8. The van der Waals surface area contributed by atoms with Gasteiger partial charge in [-0.3, -0.25) is 9.69 Å². The lowest BCUT2D eigenvalue weighted by molar-refractivity contribution is 0.0951. The van der Waals surface area contributed by atoms with Gasteiger partial charge in [-0.1, -0.05) is 31.5 Å². The van der Waals surface area contributed by atoms with Crippen LogP contribution in [0.4, 0.5) is 5.69 Å². The molecule has 29 heavy (non-hydrogen) atoms.